The minimum Gasteiger partial charge on any atom is -0.480 e. The van der Waals surface area contributed by atoms with Gasteiger partial charge in [0.2, 0.25) is 0 Å². The second kappa shape index (κ2) is 6.36. The van der Waals surface area contributed by atoms with E-state index in [2.05, 4.69) is 10.2 Å². The van der Waals surface area contributed by atoms with Crippen LogP contribution >= 0.6 is 0 Å². The van der Waals surface area contributed by atoms with Crippen molar-refractivity contribution in [2.45, 2.75) is 58.0 Å². The van der Waals surface area contributed by atoms with Crippen molar-refractivity contribution in [3.8, 4) is 0 Å². The minimum absolute atomic E-state index is 0.192. The summed E-state index contributed by atoms with van der Waals surface area (Å²) < 4.78 is 0. The first-order valence-electron chi connectivity index (χ1n) is 6.67. The highest BCUT2D eigenvalue weighted by molar-refractivity contribution is 5.78. The van der Waals surface area contributed by atoms with Crippen LogP contribution in [0.3, 0.4) is 0 Å². The number of nitrogens with zero attached hydrogens (tertiary/aromatic N) is 1. The van der Waals surface area contributed by atoms with E-state index in [1.807, 2.05) is 13.8 Å². The number of piperidine rings is 1. The lowest BCUT2D eigenvalue weighted by Crippen LogP contribution is -2.54. The number of aliphatic carboxylic acids is 1. The van der Waals surface area contributed by atoms with Crippen LogP contribution in [-0.4, -0.2) is 47.2 Å². The molecular weight excluding hydrogens is 216 g/mol. The van der Waals surface area contributed by atoms with Crippen molar-refractivity contribution >= 4 is 5.97 Å². The number of hydrogen-bond acceptors (Lipinski definition) is 3. The van der Waals surface area contributed by atoms with Gasteiger partial charge in [-0.05, 0) is 53.1 Å². The fourth-order valence-corrected chi connectivity index (χ4v) is 2.44. The molecule has 0 aromatic carbocycles. The van der Waals surface area contributed by atoms with Crippen molar-refractivity contribution in [1.29, 1.82) is 0 Å². The summed E-state index contributed by atoms with van der Waals surface area (Å²) >= 11 is 0. The SMILES string of the molecule is CC(C)NC(C)(CCN1CCCCC1)C(=O)O. The first-order chi connectivity index (χ1) is 7.94. The Hall–Kier alpha value is -0.610. The van der Waals surface area contributed by atoms with E-state index in [0.717, 1.165) is 19.6 Å². The molecule has 0 saturated carbocycles. The van der Waals surface area contributed by atoms with Gasteiger partial charge in [-0.1, -0.05) is 6.42 Å². The van der Waals surface area contributed by atoms with Crippen LogP contribution in [0.2, 0.25) is 0 Å². The highest BCUT2D eigenvalue weighted by Gasteiger charge is 2.33. The van der Waals surface area contributed by atoms with Crippen molar-refractivity contribution in [3.05, 3.63) is 0 Å². The third-order valence-electron chi connectivity index (χ3n) is 3.46. The zero-order chi connectivity index (χ0) is 12.9. The van der Waals surface area contributed by atoms with E-state index in [1.54, 1.807) is 6.92 Å². The second-order valence-corrected chi connectivity index (χ2v) is 5.59. The maximum absolute atomic E-state index is 11.3. The lowest BCUT2D eigenvalue weighted by atomic mass is 9.96. The molecule has 1 unspecified atom stereocenters. The molecule has 1 aliphatic rings. The Labute approximate surface area is 104 Å². The van der Waals surface area contributed by atoms with E-state index in [9.17, 15) is 9.90 Å². The molecule has 17 heavy (non-hydrogen) atoms. The highest BCUT2D eigenvalue weighted by atomic mass is 16.4. The molecular formula is C13H26N2O2. The Morgan fingerprint density at radius 1 is 1.35 bits per heavy atom. The topological polar surface area (TPSA) is 52.6 Å². The van der Waals surface area contributed by atoms with Gasteiger partial charge in [-0.2, -0.15) is 0 Å². The molecule has 0 radical (unpaired) electrons. The van der Waals surface area contributed by atoms with Gasteiger partial charge in [0, 0.05) is 12.6 Å². The van der Waals surface area contributed by atoms with Gasteiger partial charge < -0.3 is 10.0 Å². The molecule has 0 spiro atoms. The predicted octanol–water partition coefficient (Wildman–Crippen LogP) is 1.70. The molecule has 1 fully saturated rings. The Kier molecular flexibility index (Phi) is 5.40. The Balaban J connectivity index is 2.45. The van der Waals surface area contributed by atoms with E-state index >= 15 is 0 Å². The molecule has 1 heterocycles. The smallest absolute Gasteiger partial charge is 0.323 e. The minimum atomic E-state index is -0.800. The summed E-state index contributed by atoms with van der Waals surface area (Å²) in [7, 11) is 0. The fraction of sp³-hybridized carbons (Fsp3) is 0.923. The van der Waals surface area contributed by atoms with Gasteiger partial charge >= 0.3 is 5.97 Å². The van der Waals surface area contributed by atoms with E-state index in [-0.39, 0.29) is 6.04 Å². The summed E-state index contributed by atoms with van der Waals surface area (Å²) in [6.07, 6.45) is 4.49. The van der Waals surface area contributed by atoms with E-state index in [4.69, 9.17) is 0 Å². The average molecular weight is 242 g/mol. The van der Waals surface area contributed by atoms with Gasteiger partial charge in [0.25, 0.3) is 0 Å². The van der Waals surface area contributed by atoms with Crippen molar-refractivity contribution in [3.63, 3.8) is 0 Å². The van der Waals surface area contributed by atoms with E-state index in [0.29, 0.717) is 6.42 Å². The van der Waals surface area contributed by atoms with Gasteiger partial charge in [-0.15, -0.1) is 0 Å². The first kappa shape index (κ1) is 14.5. The largest absolute Gasteiger partial charge is 0.480 e. The highest BCUT2D eigenvalue weighted by Crippen LogP contribution is 2.15. The second-order valence-electron chi connectivity index (χ2n) is 5.59. The zero-order valence-electron chi connectivity index (χ0n) is 11.3. The molecule has 100 valence electrons. The van der Waals surface area contributed by atoms with Crippen LogP contribution in [0.25, 0.3) is 0 Å². The fourth-order valence-electron chi connectivity index (χ4n) is 2.44. The van der Waals surface area contributed by atoms with Crippen LogP contribution < -0.4 is 5.32 Å². The zero-order valence-corrected chi connectivity index (χ0v) is 11.3. The summed E-state index contributed by atoms with van der Waals surface area (Å²) in [5, 5.41) is 12.5. The Morgan fingerprint density at radius 3 is 2.41 bits per heavy atom. The van der Waals surface area contributed by atoms with E-state index in [1.165, 1.54) is 19.3 Å². The van der Waals surface area contributed by atoms with E-state index < -0.39 is 11.5 Å². The molecule has 4 nitrogen and oxygen atoms in total. The summed E-state index contributed by atoms with van der Waals surface area (Å²) in [6.45, 7) is 8.89. The van der Waals surface area contributed by atoms with Gasteiger partial charge in [0.05, 0.1) is 0 Å². The third kappa shape index (κ3) is 4.64. The van der Waals surface area contributed by atoms with Gasteiger partial charge in [0.15, 0.2) is 0 Å². The van der Waals surface area contributed by atoms with Crippen molar-refractivity contribution in [2.75, 3.05) is 19.6 Å². The number of carbonyl (C=O) groups is 1. The van der Waals surface area contributed by atoms with Crippen molar-refractivity contribution < 1.29 is 9.90 Å². The van der Waals surface area contributed by atoms with Gasteiger partial charge in [-0.3, -0.25) is 10.1 Å². The predicted molar refractivity (Wildman–Crippen MR) is 69.2 cm³/mol. The number of hydrogen-bond donors (Lipinski definition) is 2. The lowest BCUT2D eigenvalue weighted by molar-refractivity contribution is -0.145. The summed E-state index contributed by atoms with van der Waals surface area (Å²) in [4.78, 5) is 13.7. The number of carboxylic acid groups (broad SMARTS) is 1. The number of likely N-dealkylation sites (tertiary alicyclic amines) is 1. The van der Waals surface area contributed by atoms with Crippen LogP contribution in [0, 0.1) is 0 Å². The molecule has 2 N–H and O–H groups in total. The Bertz CT molecular complexity index is 250. The third-order valence-corrected chi connectivity index (χ3v) is 3.46. The summed E-state index contributed by atoms with van der Waals surface area (Å²) in [6, 6.07) is 0.192. The normalized spacial score (nSPS) is 21.4. The van der Waals surface area contributed by atoms with Crippen molar-refractivity contribution in [2.24, 2.45) is 0 Å². The quantitative estimate of drug-likeness (QED) is 0.744. The van der Waals surface area contributed by atoms with Crippen LogP contribution in [0.4, 0.5) is 0 Å². The molecule has 4 heteroatoms. The molecule has 1 rings (SSSR count). The van der Waals surface area contributed by atoms with Crippen LogP contribution in [-0.2, 0) is 4.79 Å². The van der Waals surface area contributed by atoms with Crippen LogP contribution in [0.1, 0.15) is 46.5 Å². The van der Waals surface area contributed by atoms with Crippen molar-refractivity contribution in [1.82, 2.24) is 10.2 Å². The van der Waals surface area contributed by atoms with Crippen LogP contribution in [0.5, 0.6) is 0 Å². The first-order valence-corrected chi connectivity index (χ1v) is 6.67. The molecule has 1 saturated heterocycles. The molecule has 1 aliphatic heterocycles. The molecule has 0 amide bonds. The molecule has 1 atom stereocenters. The summed E-state index contributed by atoms with van der Waals surface area (Å²) in [5.41, 5.74) is -0.800. The molecule has 0 aromatic heterocycles. The van der Waals surface area contributed by atoms with Gasteiger partial charge in [-0.25, -0.2) is 0 Å². The van der Waals surface area contributed by atoms with Gasteiger partial charge in [0.1, 0.15) is 5.54 Å². The maximum atomic E-state index is 11.3. The maximum Gasteiger partial charge on any atom is 0.323 e. The molecule has 0 aliphatic carbocycles. The molecule has 0 bridgehead atoms. The Morgan fingerprint density at radius 2 is 1.94 bits per heavy atom. The molecule has 0 aromatic rings. The number of carboxylic acids is 1. The number of rotatable bonds is 6. The average Bonchev–Trinajstić information content (AvgIpc) is 2.27. The van der Waals surface area contributed by atoms with Crippen LogP contribution in [0.15, 0.2) is 0 Å². The standard InChI is InChI=1S/C13H26N2O2/c1-11(2)14-13(3,12(16)17)7-10-15-8-5-4-6-9-15/h11,14H,4-10H2,1-3H3,(H,16,17). The number of nitrogens with one attached hydrogen (secondary N) is 1. The monoisotopic (exact) mass is 242 g/mol. The lowest BCUT2D eigenvalue weighted by Gasteiger charge is -2.33. The summed E-state index contributed by atoms with van der Waals surface area (Å²) in [5.74, 6) is -0.747.